The van der Waals surface area contributed by atoms with Crippen molar-refractivity contribution in [3.05, 3.63) is 76.0 Å². The maximum Gasteiger partial charge on any atom is 0.287 e. The number of ether oxygens (including phenoxy) is 1. The number of hydrogen-bond acceptors (Lipinski definition) is 6. The lowest BCUT2D eigenvalue weighted by atomic mass is 9.62. The Morgan fingerprint density at radius 3 is 2.48 bits per heavy atom. The Labute approximate surface area is 275 Å². The van der Waals surface area contributed by atoms with Crippen molar-refractivity contribution in [1.29, 1.82) is 0 Å². The highest BCUT2D eigenvalue weighted by Gasteiger charge is 2.37. The summed E-state index contributed by atoms with van der Waals surface area (Å²) in [6, 6.07) is 10.6. The van der Waals surface area contributed by atoms with E-state index in [2.05, 4.69) is 62.4 Å². The van der Waals surface area contributed by atoms with Crippen molar-refractivity contribution < 1.29 is 13.9 Å². The van der Waals surface area contributed by atoms with Crippen LogP contribution in [-0.4, -0.2) is 41.7 Å². The van der Waals surface area contributed by atoms with Gasteiger partial charge in [0, 0.05) is 38.0 Å². The smallest absolute Gasteiger partial charge is 0.287 e. The van der Waals surface area contributed by atoms with Gasteiger partial charge in [0.2, 0.25) is 5.95 Å². The number of aryl methyl sites for hydroxylation is 2. The minimum Gasteiger partial charge on any atom is -0.456 e. The summed E-state index contributed by atoms with van der Waals surface area (Å²) in [5.41, 5.74) is 6.95. The van der Waals surface area contributed by atoms with Crippen LogP contribution in [0.3, 0.4) is 0 Å². The van der Waals surface area contributed by atoms with E-state index < -0.39 is 0 Å². The third-order valence-electron chi connectivity index (χ3n) is 11.0. The van der Waals surface area contributed by atoms with Gasteiger partial charge in [-0.2, -0.15) is 0 Å². The van der Waals surface area contributed by atoms with E-state index in [1.165, 1.54) is 54.4 Å². The van der Waals surface area contributed by atoms with Crippen molar-refractivity contribution in [2.24, 2.45) is 11.8 Å². The fraction of sp³-hybridized carbons (Fsp3) is 0.615. The molecule has 3 aromatic rings. The molecule has 3 aliphatic rings. The molecule has 0 radical (unpaired) electrons. The van der Waals surface area contributed by atoms with E-state index in [4.69, 9.17) is 14.1 Å². The third kappa shape index (κ3) is 7.84. The highest BCUT2D eigenvalue weighted by Crippen LogP contribution is 2.46. The summed E-state index contributed by atoms with van der Waals surface area (Å²) in [5, 5.41) is 6.66. The minimum absolute atomic E-state index is 0.121. The number of carbonyl (C=O) groups excluding carboxylic acids is 1. The number of furan rings is 1. The van der Waals surface area contributed by atoms with Crippen molar-refractivity contribution >= 4 is 11.9 Å². The van der Waals surface area contributed by atoms with Crippen LogP contribution in [0, 0.1) is 18.8 Å². The number of nitrogens with zero attached hydrogens (tertiary/aromatic N) is 2. The summed E-state index contributed by atoms with van der Waals surface area (Å²) in [4.78, 5) is 22.3. The van der Waals surface area contributed by atoms with Gasteiger partial charge >= 0.3 is 0 Å². The normalized spacial score (nSPS) is 23.5. The highest BCUT2D eigenvalue weighted by molar-refractivity contribution is 5.91. The molecule has 1 saturated heterocycles. The lowest BCUT2D eigenvalue weighted by Crippen LogP contribution is -2.34. The zero-order valence-corrected chi connectivity index (χ0v) is 28.7. The van der Waals surface area contributed by atoms with Crippen LogP contribution in [0.4, 0.5) is 5.95 Å². The van der Waals surface area contributed by atoms with E-state index in [-0.39, 0.29) is 16.7 Å². The first-order valence-electron chi connectivity index (χ1n) is 17.7. The second kappa shape index (κ2) is 13.9. The van der Waals surface area contributed by atoms with Crippen molar-refractivity contribution in [2.75, 3.05) is 25.0 Å². The number of benzene rings is 1. The molecule has 1 aliphatic heterocycles. The Kier molecular flexibility index (Phi) is 9.88. The fourth-order valence-corrected chi connectivity index (χ4v) is 7.87. The topological polar surface area (TPSA) is 89.3 Å². The van der Waals surface area contributed by atoms with E-state index in [1.54, 1.807) is 0 Å². The van der Waals surface area contributed by atoms with Crippen LogP contribution in [0.5, 0.6) is 0 Å². The SMILES string of the molecule is Cc1cc2c(cc1Cc1ccc(C(=O)NCC3CCCC(CNc4nccc(CCC5CCCO5)n4)C3)o1)C(C)(C)CCC2(C)C. The molecule has 2 N–H and O–H groups in total. The molecule has 248 valence electrons. The van der Waals surface area contributed by atoms with E-state index in [0.717, 1.165) is 56.7 Å². The highest BCUT2D eigenvalue weighted by atomic mass is 16.5. The molecule has 6 rings (SSSR count). The molecule has 2 aliphatic carbocycles. The minimum atomic E-state index is -0.121. The molecular weight excluding hydrogens is 572 g/mol. The maximum absolute atomic E-state index is 13.1. The van der Waals surface area contributed by atoms with E-state index in [0.29, 0.717) is 42.6 Å². The van der Waals surface area contributed by atoms with Crippen LogP contribution in [0.1, 0.15) is 130 Å². The standard InChI is InChI=1S/C39H54N4O3/c1-26-20-33-34(39(4,5)17-16-38(33,2)3)23-29(26)22-32-13-14-35(46-32)36(44)41-24-27-8-6-9-28(21-27)25-42-37-40-18-15-30(43-37)11-12-31-10-7-19-45-31/h13-15,18,20,23,27-28,31H,6-12,16-17,19,21-22,24-25H2,1-5H3,(H,41,44)(H,40,42,43). The van der Waals surface area contributed by atoms with Crippen molar-refractivity contribution in [3.8, 4) is 0 Å². The summed E-state index contributed by atoms with van der Waals surface area (Å²) >= 11 is 0. The Balaban J connectivity index is 0.980. The van der Waals surface area contributed by atoms with Gasteiger partial charge in [-0.05, 0) is 128 Å². The van der Waals surface area contributed by atoms with Gasteiger partial charge < -0.3 is 19.8 Å². The molecular formula is C39H54N4O3. The van der Waals surface area contributed by atoms with Gasteiger partial charge in [0.15, 0.2) is 5.76 Å². The summed E-state index contributed by atoms with van der Waals surface area (Å²) in [7, 11) is 0. The number of aromatic nitrogens is 2. The number of fused-ring (bicyclic) bond motifs is 1. The maximum atomic E-state index is 13.1. The van der Waals surface area contributed by atoms with Gasteiger partial charge in [0.1, 0.15) is 5.76 Å². The first-order valence-corrected chi connectivity index (χ1v) is 17.7. The number of carbonyl (C=O) groups is 1. The third-order valence-corrected chi connectivity index (χ3v) is 11.0. The predicted molar refractivity (Wildman–Crippen MR) is 184 cm³/mol. The molecule has 46 heavy (non-hydrogen) atoms. The van der Waals surface area contributed by atoms with Crippen LogP contribution in [-0.2, 0) is 28.4 Å². The van der Waals surface area contributed by atoms with Gasteiger partial charge in [-0.3, -0.25) is 4.79 Å². The second-order valence-corrected chi connectivity index (χ2v) is 15.6. The summed E-state index contributed by atoms with van der Waals surface area (Å²) in [6.07, 6.45) is 14.2. The molecule has 2 aromatic heterocycles. The zero-order chi connectivity index (χ0) is 32.3. The van der Waals surface area contributed by atoms with Crippen LogP contribution in [0.15, 0.2) is 40.9 Å². The molecule has 1 aromatic carbocycles. The van der Waals surface area contributed by atoms with Crippen LogP contribution >= 0.6 is 0 Å². The van der Waals surface area contributed by atoms with Gasteiger partial charge in [-0.15, -0.1) is 0 Å². The first-order chi connectivity index (χ1) is 22.1. The number of nitrogens with one attached hydrogen (secondary N) is 2. The lowest BCUT2D eigenvalue weighted by molar-refractivity contribution is 0.0911. The van der Waals surface area contributed by atoms with Crippen molar-refractivity contribution in [1.82, 2.24) is 15.3 Å². The van der Waals surface area contributed by atoms with Crippen molar-refractivity contribution in [3.63, 3.8) is 0 Å². The van der Waals surface area contributed by atoms with Crippen LogP contribution < -0.4 is 10.6 Å². The van der Waals surface area contributed by atoms with Gasteiger partial charge in [0.05, 0.1) is 6.10 Å². The molecule has 7 nitrogen and oxygen atoms in total. The Hall–Kier alpha value is -3.19. The predicted octanol–water partition coefficient (Wildman–Crippen LogP) is 8.08. The molecule has 3 unspecified atom stereocenters. The molecule has 1 saturated carbocycles. The summed E-state index contributed by atoms with van der Waals surface area (Å²) in [5.74, 6) is 2.83. The molecule has 2 fully saturated rings. The van der Waals surface area contributed by atoms with Gasteiger partial charge in [-0.1, -0.05) is 46.2 Å². The number of rotatable bonds is 11. The molecule has 0 spiro atoms. The Morgan fingerprint density at radius 1 is 0.957 bits per heavy atom. The molecule has 3 heterocycles. The zero-order valence-electron chi connectivity index (χ0n) is 28.7. The van der Waals surface area contributed by atoms with Gasteiger partial charge in [0.25, 0.3) is 5.91 Å². The number of anilines is 1. The molecule has 3 atom stereocenters. The van der Waals surface area contributed by atoms with Crippen molar-refractivity contribution in [2.45, 2.75) is 122 Å². The molecule has 1 amide bonds. The lowest BCUT2D eigenvalue weighted by Gasteiger charge is -2.42. The fourth-order valence-electron chi connectivity index (χ4n) is 7.87. The van der Waals surface area contributed by atoms with E-state index in [1.807, 2.05) is 24.4 Å². The summed E-state index contributed by atoms with van der Waals surface area (Å²) < 4.78 is 11.9. The molecule has 7 heteroatoms. The quantitative estimate of drug-likeness (QED) is 0.224. The summed E-state index contributed by atoms with van der Waals surface area (Å²) in [6.45, 7) is 14.1. The number of hydrogen-bond donors (Lipinski definition) is 2. The average molecular weight is 627 g/mol. The Bertz CT molecular complexity index is 1500. The number of amides is 1. The first kappa shape index (κ1) is 32.7. The van der Waals surface area contributed by atoms with Crippen LogP contribution in [0.25, 0.3) is 0 Å². The monoisotopic (exact) mass is 626 g/mol. The van der Waals surface area contributed by atoms with E-state index >= 15 is 0 Å². The molecule has 0 bridgehead atoms. The Morgan fingerprint density at radius 2 is 1.72 bits per heavy atom. The second-order valence-electron chi connectivity index (χ2n) is 15.6. The average Bonchev–Trinajstić information content (AvgIpc) is 3.74. The van der Waals surface area contributed by atoms with Crippen LogP contribution in [0.2, 0.25) is 0 Å². The largest absolute Gasteiger partial charge is 0.456 e. The van der Waals surface area contributed by atoms with E-state index in [9.17, 15) is 4.79 Å². The van der Waals surface area contributed by atoms with Gasteiger partial charge in [-0.25, -0.2) is 9.97 Å².